The molecule has 23 heteroatoms. The van der Waals surface area contributed by atoms with Crippen molar-refractivity contribution in [3.05, 3.63) is 138 Å². The van der Waals surface area contributed by atoms with Gasteiger partial charge in [-0.05, 0) is 100 Å². The van der Waals surface area contributed by atoms with Gasteiger partial charge >= 0.3 is 0 Å². The van der Waals surface area contributed by atoms with Crippen molar-refractivity contribution >= 4 is 66.6 Å². The van der Waals surface area contributed by atoms with E-state index in [4.69, 9.17) is 39.6 Å². The topological polar surface area (TPSA) is 284 Å². The van der Waals surface area contributed by atoms with E-state index in [0.717, 1.165) is 64.6 Å². The normalized spacial score (nSPS) is 21.2. The van der Waals surface area contributed by atoms with Crippen LogP contribution in [0.15, 0.2) is 110 Å². The summed E-state index contributed by atoms with van der Waals surface area (Å²) in [4.78, 5) is 34.8. The van der Waals surface area contributed by atoms with E-state index in [1.807, 2.05) is 90.0 Å². The summed E-state index contributed by atoms with van der Waals surface area (Å²) in [6.45, 7) is 7.71. The Morgan fingerprint density at radius 1 is 0.694 bits per heavy atom. The fourth-order valence-corrected chi connectivity index (χ4v) is 13.9. The zero-order valence-electron chi connectivity index (χ0n) is 48.0. The third-order valence-corrected chi connectivity index (χ3v) is 18.6. The first-order chi connectivity index (χ1) is 41.1. The molecular formula is C62H69N15O6S2. The maximum absolute atomic E-state index is 12.1. The molecule has 9 unspecified atom stereocenters. The van der Waals surface area contributed by atoms with Crippen LogP contribution in [0, 0.1) is 25.7 Å². The lowest BCUT2D eigenvalue weighted by Gasteiger charge is -2.31. The van der Waals surface area contributed by atoms with Crippen LogP contribution in [0.5, 0.6) is 0 Å². The monoisotopic (exact) mass is 1180 g/mol. The minimum atomic E-state index is -1.78. The number of pyridine rings is 1. The van der Waals surface area contributed by atoms with Gasteiger partial charge in [0.05, 0.1) is 79.7 Å². The summed E-state index contributed by atoms with van der Waals surface area (Å²) in [6, 6.07) is 25.5. The van der Waals surface area contributed by atoms with Crippen molar-refractivity contribution in [2.45, 2.75) is 102 Å². The third kappa shape index (κ3) is 11.9. The summed E-state index contributed by atoms with van der Waals surface area (Å²) in [6.07, 6.45) is 8.53. The number of thiazole rings is 2. The minimum Gasteiger partial charge on any atom is -0.396 e. The Kier molecular flexibility index (Phi) is 16.4. The molecule has 0 bridgehead atoms. The van der Waals surface area contributed by atoms with E-state index in [1.165, 1.54) is 11.3 Å². The van der Waals surface area contributed by atoms with Crippen LogP contribution in [0.1, 0.15) is 79.8 Å². The Morgan fingerprint density at radius 2 is 1.28 bits per heavy atom. The number of nitrogens with zero attached hydrogens (tertiary/aromatic N) is 11. The first-order valence-electron chi connectivity index (χ1n) is 28.7. The van der Waals surface area contributed by atoms with Gasteiger partial charge in [-0.1, -0.05) is 60.7 Å². The highest BCUT2D eigenvalue weighted by atomic mass is 32.1. The number of nitrogens with one attached hydrogen (secondary N) is 4. The van der Waals surface area contributed by atoms with Gasteiger partial charge in [0.1, 0.15) is 39.4 Å². The maximum Gasteiger partial charge on any atom is 0.225 e. The van der Waals surface area contributed by atoms with E-state index < -0.39 is 36.0 Å². The van der Waals surface area contributed by atoms with Crippen LogP contribution in [0.2, 0.25) is 0 Å². The number of hydrogen-bond donors (Lipinski definition) is 9. The average Bonchev–Trinajstić information content (AvgIpc) is 4.01. The number of ether oxygens (including phenoxy) is 1. The smallest absolute Gasteiger partial charge is 0.225 e. The predicted octanol–water partition coefficient (Wildman–Crippen LogP) is 9.01. The second-order valence-corrected chi connectivity index (χ2v) is 24.5. The predicted molar refractivity (Wildman–Crippen MR) is 331 cm³/mol. The summed E-state index contributed by atoms with van der Waals surface area (Å²) in [5.74, 6) is 0.654. The zero-order valence-corrected chi connectivity index (χ0v) is 49.7. The van der Waals surface area contributed by atoms with Gasteiger partial charge in [-0.25, -0.2) is 19.9 Å². The molecule has 440 valence electrons. The highest BCUT2D eigenvalue weighted by Crippen LogP contribution is 2.43. The Morgan fingerprint density at radius 3 is 1.87 bits per heavy atom. The summed E-state index contributed by atoms with van der Waals surface area (Å²) >= 11 is 2.99. The number of aliphatic hydroxyl groups excluding tert-OH is 4. The van der Waals surface area contributed by atoms with Crippen molar-refractivity contribution in [1.82, 2.24) is 54.4 Å². The number of benzene rings is 3. The Balaban J connectivity index is 0.749. The molecule has 3 aromatic carbocycles. The molecule has 7 aromatic heterocycles. The molecule has 9 atom stereocenters. The number of hydrogen-bond acceptors (Lipinski definition) is 21. The van der Waals surface area contributed by atoms with Crippen LogP contribution in [0.3, 0.4) is 0 Å². The molecule has 0 amide bonds. The number of rotatable bonds is 21. The van der Waals surface area contributed by atoms with Crippen molar-refractivity contribution < 1.29 is 30.3 Å². The molecule has 0 aliphatic heterocycles. The summed E-state index contributed by atoms with van der Waals surface area (Å²) < 4.78 is 12.0. The molecule has 10 aromatic rings. The number of anilines is 4. The van der Waals surface area contributed by atoms with E-state index >= 15 is 0 Å². The fourth-order valence-electron chi connectivity index (χ4n) is 11.7. The second kappa shape index (κ2) is 24.2. The molecule has 0 spiro atoms. The zero-order chi connectivity index (χ0) is 59.1. The molecular weight excluding hydrogens is 1110 g/mol. The van der Waals surface area contributed by atoms with Gasteiger partial charge in [0.15, 0.2) is 5.72 Å². The quantitative estimate of drug-likeness (QED) is 0.0240. The minimum absolute atomic E-state index is 0.149. The molecule has 85 heavy (non-hydrogen) atoms. The number of fused-ring (bicyclic) bond motifs is 2. The molecule has 2 saturated carbocycles. The fraction of sp³-hybridized carbons (Fsp3) is 0.371. The third-order valence-electron chi connectivity index (χ3n) is 16.5. The SMILES string of the molecule is Cc1nc(NC(C)c2ccc(-c3cnn(C)c3)cc2)nc(NC2CC(CO)C(OCCCc3nccc4sc(-c5c(C)nc(NC(C)c6ccc(-c7cnn(C)c7)cc6)nc5NC5(O)CCC(CO)C5O)nc34)C2O)c1-c1nc2ccccc2s1. The Hall–Kier alpha value is -7.87. The van der Waals surface area contributed by atoms with E-state index in [0.29, 0.717) is 70.9 Å². The molecule has 9 N–H and O–H groups in total. The largest absolute Gasteiger partial charge is 0.396 e. The Labute approximate surface area is 499 Å². The van der Waals surface area contributed by atoms with E-state index in [9.17, 15) is 25.5 Å². The molecule has 2 fully saturated rings. The first-order valence-corrected chi connectivity index (χ1v) is 30.3. The standard InChI is InChI=1S/C62H69N15O6S2/c1-33(37-13-17-39(18-14-37)43-27-64-76(5)29-43)66-60-68-35(3)50(58-71-45-10-7-8-12-48(45)84-58)56(73-60)70-47-26-42(32-79)54(53(47)80)83-25-9-11-46-52-49(22-24-63-46)85-59(72-52)51-36(4)69-61(74-57(51)75-62(82)23-21-41(31-78)55(62)81)67-34(2)38-15-19-40(20-16-38)44-28-65-77(6)30-44/h7-8,10,12-20,22,24,27-30,33-34,41-42,47,53-55,78-82H,9,11,21,23,25-26,31-32H2,1-6H3,(H2,66,68,70,73)(H2,67,69,74,75). The van der Waals surface area contributed by atoms with Crippen LogP contribution in [-0.2, 0) is 25.3 Å². The number of aryl methyl sites for hydroxylation is 5. The molecule has 21 nitrogen and oxygen atoms in total. The first kappa shape index (κ1) is 57.6. The van der Waals surface area contributed by atoms with Crippen molar-refractivity contribution in [2.75, 3.05) is 41.1 Å². The van der Waals surface area contributed by atoms with Crippen LogP contribution >= 0.6 is 22.7 Å². The van der Waals surface area contributed by atoms with Crippen LogP contribution < -0.4 is 21.3 Å². The lowest BCUT2D eigenvalue weighted by atomic mass is 10.0. The average molecular weight is 1180 g/mol. The van der Waals surface area contributed by atoms with E-state index in [2.05, 4.69) is 86.9 Å². The molecule has 0 radical (unpaired) electrons. The molecule has 12 rings (SSSR count). The molecule has 0 saturated heterocycles. The van der Waals surface area contributed by atoms with Gasteiger partial charge in [-0.15, -0.1) is 22.7 Å². The van der Waals surface area contributed by atoms with E-state index in [-0.39, 0.29) is 50.1 Å². The lowest BCUT2D eigenvalue weighted by molar-refractivity contribution is -0.0545. The highest BCUT2D eigenvalue weighted by molar-refractivity contribution is 7.22. The number of aliphatic hydroxyl groups is 5. The Bertz CT molecular complexity index is 3950. The van der Waals surface area contributed by atoms with Crippen molar-refractivity contribution in [3.8, 4) is 43.4 Å². The van der Waals surface area contributed by atoms with Gasteiger partial charge < -0.3 is 51.5 Å². The lowest BCUT2D eigenvalue weighted by Crippen LogP contribution is -2.48. The van der Waals surface area contributed by atoms with Gasteiger partial charge in [0.25, 0.3) is 0 Å². The maximum atomic E-state index is 12.1. The summed E-state index contributed by atoms with van der Waals surface area (Å²) in [5, 5.41) is 79.7. The van der Waals surface area contributed by atoms with Crippen LogP contribution in [0.4, 0.5) is 23.5 Å². The number of para-hydroxylation sites is 1. The van der Waals surface area contributed by atoms with Crippen molar-refractivity contribution in [3.63, 3.8) is 0 Å². The molecule has 7 heterocycles. The van der Waals surface area contributed by atoms with Gasteiger partial charge in [0, 0.05) is 75.5 Å². The summed E-state index contributed by atoms with van der Waals surface area (Å²) in [5.41, 5.74) is 9.36. The highest BCUT2D eigenvalue weighted by Gasteiger charge is 2.47. The van der Waals surface area contributed by atoms with Gasteiger partial charge in [0.2, 0.25) is 11.9 Å². The van der Waals surface area contributed by atoms with Crippen LogP contribution in [-0.4, -0.2) is 130 Å². The van der Waals surface area contributed by atoms with Crippen molar-refractivity contribution in [2.24, 2.45) is 25.9 Å². The van der Waals surface area contributed by atoms with Crippen molar-refractivity contribution in [1.29, 1.82) is 0 Å². The molecule has 2 aliphatic rings. The summed E-state index contributed by atoms with van der Waals surface area (Å²) in [7, 11) is 3.79. The van der Waals surface area contributed by atoms with Crippen LogP contribution in [0.25, 0.3) is 63.8 Å². The molecule has 2 aliphatic carbocycles. The second-order valence-electron chi connectivity index (χ2n) is 22.4. The van der Waals surface area contributed by atoms with E-state index in [1.54, 1.807) is 26.9 Å². The van der Waals surface area contributed by atoms with Gasteiger partial charge in [-0.2, -0.15) is 20.2 Å². The van der Waals surface area contributed by atoms with Gasteiger partial charge in [-0.3, -0.25) is 14.3 Å². The number of aromatic nitrogens is 11.